The molecule has 1 fully saturated rings. The summed E-state index contributed by atoms with van der Waals surface area (Å²) < 4.78 is 14.6. The Morgan fingerprint density at radius 3 is 2.56 bits per heavy atom. The number of nitrogens with one attached hydrogen (secondary N) is 1. The van der Waals surface area contributed by atoms with Crippen molar-refractivity contribution in [1.82, 2.24) is 19.9 Å². The average molecular weight is 359 g/mol. The molecular weight excluding hydrogens is 341 g/mol. The number of halogens is 1. The van der Waals surface area contributed by atoms with Crippen molar-refractivity contribution in [2.45, 2.75) is 12.8 Å². The molecule has 3 aromatic heterocycles. The monoisotopic (exact) mass is 359 g/mol. The summed E-state index contributed by atoms with van der Waals surface area (Å²) in [6.07, 6.45) is 5.74. The first-order valence-electron chi connectivity index (χ1n) is 9.11. The minimum atomic E-state index is -0.258. The molecule has 0 amide bonds. The molecular formula is C21H18FN5. The van der Waals surface area contributed by atoms with Gasteiger partial charge in [0.25, 0.3) is 0 Å². The molecule has 0 atom stereocenters. The lowest BCUT2D eigenvalue weighted by atomic mass is 9.99. The van der Waals surface area contributed by atoms with Crippen LogP contribution >= 0.6 is 0 Å². The van der Waals surface area contributed by atoms with Gasteiger partial charge in [0.2, 0.25) is 0 Å². The molecule has 4 aromatic rings. The van der Waals surface area contributed by atoms with Gasteiger partial charge in [-0.1, -0.05) is 18.2 Å². The third kappa shape index (κ3) is 2.73. The van der Waals surface area contributed by atoms with E-state index in [4.69, 9.17) is 4.98 Å². The number of H-pyrrole nitrogens is 1. The predicted octanol–water partition coefficient (Wildman–Crippen LogP) is 4.43. The lowest BCUT2D eigenvalue weighted by Crippen LogP contribution is -2.20. The van der Waals surface area contributed by atoms with Gasteiger partial charge in [0.1, 0.15) is 23.0 Å². The number of hydrogen-bond donors (Lipinski definition) is 1. The molecule has 0 aliphatic carbocycles. The highest BCUT2D eigenvalue weighted by molar-refractivity contribution is 5.90. The van der Waals surface area contributed by atoms with Gasteiger partial charge >= 0.3 is 0 Å². The highest BCUT2D eigenvalue weighted by atomic mass is 19.1. The number of rotatable bonds is 3. The standard InChI is InChI=1S/C21H18FN5/c22-16-7-2-1-6-14(16)15-9-11-24-21(27-12-3-4-13-27)18(15)20-25-17-8-5-10-23-19(17)26-20/h1-2,5-11H,3-4,12-13H2,(H,23,25,26). The number of hydrogen-bond acceptors (Lipinski definition) is 4. The van der Waals surface area contributed by atoms with Gasteiger partial charge in [-0.2, -0.15) is 0 Å². The first-order chi connectivity index (χ1) is 13.3. The summed E-state index contributed by atoms with van der Waals surface area (Å²) in [5, 5.41) is 0. The van der Waals surface area contributed by atoms with Crippen LogP contribution in [0.25, 0.3) is 33.7 Å². The van der Waals surface area contributed by atoms with E-state index in [0.717, 1.165) is 48.4 Å². The summed E-state index contributed by atoms with van der Waals surface area (Å²) >= 11 is 0. The lowest BCUT2D eigenvalue weighted by molar-refractivity contribution is 0.631. The molecule has 0 unspecified atom stereocenters. The number of benzene rings is 1. The number of fused-ring (bicyclic) bond motifs is 1. The van der Waals surface area contributed by atoms with Gasteiger partial charge in [-0.3, -0.25) is 0 Å². The fourth-order valence-corrected chi connectivity index (χ4v) is 3.72. The molecule has 6 heteroatoms. The quantitative estimate of drug-likeness (QED) is 0.588. The zero-order valence-electron chi connectivity index (χ0n) is 14.7. The number of pyridine rings is 2. The van der Waals surface area contributed by atoms with Crippen LogP contribution < -0.4 is 4.90 Å². The van der Waals surface area contributed by atoms with Crippen molar-refractivity contribution < 1.29 is 4.39 Å². The van der Waals surface area contributed by atoms with Crippen molar-refractivity contribution in [1.29, 1.82) is 0 Å². The van der Waals surface area contributed by atoms with Crippen molar-refractivity contribution in [3.63, 3.8) is 0 Å². The molecule has 0 spiro atoms. The Hall–Kier alpha value is -3.28. The normalized spacial score (nSPS) is 14.2. The number of aromatic amines is 1. The topological polar surface area (TPSA) is 57.7 Å². The molecule has 0 saturated carbocycles. The Morgan fingerprint density at radius 1 is 0.889 bits per heavy atom. The maximum atomic E-state index is 14.6. The first kappa shape index (κ1) is 15.9. The summed E-state index contributed by atoms with van der Waals surface area (Å²) in [7, 11) is 0. The Balaban J connectivity index is 1.79. The molecule has 4 heterocycles. The number of anilines is 1. The van der Waals surface area contributed by atoms with Crippen LogP contribution in [0.1, 0.15) is 12.8 Å². The second kappa shape index (κ2) is 6.46. The molecule has 5 nitrogen and oxygen atoms in total. The van der Waals surface area contributed by atoms with E-state index in [-0.39, 0.29) is 5.82 Å². The van der Waals surface area contributed by atoms with Gasteiger partial charge in [0.15, 0.2) is 5.65 Å². The van der Waals surface area contributed by atoms with E-state index in [1.165, 1.54) is 6.07 Å². The molecule has 5 rings (SSSR count). The Bertz CT molecular complexity index is 1080. The summed E-state index contributed by atoms with van der Waals surface area (Å²) in [4.78, 5) is 19.3. The molecule has 1 aliphatic heterocycles. The number of imidazole rings is 1. The molecule has 1 aromatic carbocycles. The van der Waals surface area contributed by atoms with Crippen molar-refractivity contribution in [2.75, 3.05) is 18.0 Å². The minimum Gasteiger partial charge on any atom is -0.356 e. The molecule has 0 bridgehead atoms. The molecule has 1 aliphatic rings. The largest absolute Gasteiger partial charge is 0.356 e. The van der Waals surface area contributed by atoms with Gasteiger partial charge in [-0.25, -0.2) is 19.3 Å². The molecule has 0 radical (unpaired) electrons. The second-order valence-corrected chi connectivity index (χ2v) is 6.69. The van der Waals surface area contributed by atoms with Crippen LogP contribution in [0.2, 0.25) is 0 Å². The van der Waals surface area contributed by atoms with Crippen molar-refractivity contribution in [2.24, 2.45) is 0 Å². The van der Waals surface area contributed by atoms with E-state index in [1.54, 1.807) is 24.5 Å². The maximum Gasteiger partial charge on any atom is 0.157 e. The van der Waals surface area contributed by atoms with Gasteiger partial charge in [-0.05, 0) is 37.1 Å². The fourth-order valence-electron chi connectivity index (χ4n) is 3.72. The van der Waals surface area contributed by atoms with Crippen LogP contribution in [-0.2, 0) is 0 Å². The van der Waals surface area contributed by atoms with Crippen LogP contribution in [-0.4, -0.2) is 33.0 Å². The SMILES string of the molecule is Fc1ccccc1-c1ccnc(N2CCCC2)c1-c1nc2cccnc2[nH]1. The zero-order chi connectivity index (χ0) is 18.2. The maximum absolute atomic E-state index is 14.6. The highest BCUT2D eigenvalue weighted by Crippen LogP contribution is 2.39. The van der Waals surface area contributed by atoms with Crippen LogP contribution in [0.3, 0.4) is 0 Å². The third-order valence-corrected chi connectivity index (χ3v) is 4.99. The fraction of sp³-hybridized carbons (Fsp3) is 0.190. The van der Waals surface area contributed by atoms with Crippen LogP contribution in [0.15, 0.2) is 54.9 Å². The minimum absolute atomic E-state index is 0.258. The third-order valence-electron chi connectivity index (χ3n) is 4.99. The molecule has 1 N–H and O–H groups in total. The number of aromatic nitrogens is 4. The average Bonchev–Trinajstić information content (AvgIpc) is 3.37. The van der Waals surface area contributed by atoms with E-state index >= 15 is 0 Å². The van der Waals surface area contributed by atoms with Gasteiger partial charge in [-0.15, -0.1) is 0 Å². The van der Waals surface area contributed by atoms with E-state index in [1.807, 2.05) is 24.3 Å². The van der Waals surface area contributed by atoms with E-state index in [9.17, 15) is 4.39 Å². The van der Waals surface area contributed by atoms with Gasteiger partial charge < -0.3 is 9.88 Å². The lowest BCUT2D eigenvalue weighted by Gasteiger charge is -2.21. The summed E-state index contributed by atoms with van der Waals surface area (Å²) in [5.74, 6) is 1.25. The van der Waals surface area contributed by atoms with Gasteiger partial charge in [0, 0.05) is 36.6 Å². The van der Waals surface area contributed by atoms with Crippen LogP contribution in [0.4, 0.5) is 10.2 Å². The van der Waals surface area contributed by atoms with Crippen LogP contribution in [0, 0.1) is 5.82 Å². The first-order valence-corrected chi connectivity index (χ1v) is 9.11. The van der Waals surface area contributed by atoms with Gasteiger partial charge in [0.05, 0.1) is 5.56 Å². The van der Waals surface area contributed by atoms with Crippen molar-refractivity contribution >= 4 is 17.0 Å². The zero-order valence-corrected chi connectivity index (χ0v) is 14.7. The smallest absolute Gasteiger partial charge is 0.157 e. The highest BCUT2D eigenvalue weighted by Gasteiger charge is 2.24. The van der Waals surface area contributed by atoms with E-state index < -0.39 is 0 Å². The molecule has 1 saturated heterocycles. The van der Waals surface area contributed by atoms with E-state index in [2.05, 4.69) is 19.9 Å². The van der Waals surface area contributed by atoms with E-state index in [0.29, 0.717) is 17.0 Å². The number of nitrogens with zero attached hydrogens (tertiary/aromatic N) is 4. The van der Waals surface area contributed by atoms with Crippen molar-refractivity contribution in [3.8, 4) is 22.5 Å². The van der Waals surface area contributed by atoms with Crippen LogP contribution in [0.5, 0.6) is 0 Å². The summed E-state index contributed by atoms with van der Waals surface area (Å²) in [6.45, 7) is 1.89. The Morgan fingerprint density at radius 2 is 1.74 bits per heavy atom. The summed E-state index contributed by atoms with van der Waals surface area (Å²) in [5.41, 5.74) is 3.64. The predicted molar refractivity (Wildman–Crippen MR) is 104 cm³/mol. The Labute approximate surface area is 155 Å². The molecule has 134 valence electrons. The summed E-state index contributed by atoms with van der Waals surface area (Å²) in [6, 6.07) is 12.4. The second-order valence-electron chi connectivity index (χ2n) is 6.69. The Kier molecular flexibility index (Phi) is 3.81. The van der Waals surface area contributed by atoms with Crippen molar-refractivity contribution in [3.05, 3.63) is 60.7 Å². The molecule has 27 heavy (non-hydrogen) atoms.